The number of hydrogen-bond acceptors (Lipinski definition) is 6. The van der Waals surface area contributed by atoms with Crippen LogP contribution in [0.2, 0.25) is 0 Å². The highest BCUT2D eigenvalue weighted by molar-refractivity contribution is 5.76. The van der Waals surface area contributed by atoms with Crippen LogP contribution in [-0.2, 0) is 19.1 Å². The number of nitrogens with zero attached hydrogens (tertiary/aromatic N) is 2. The minimum absolute atomic E-state index is 0.178. The number of carbonyl (C=O) groups excluding carboxylic acids is 1. The van der Waals surface area contributed by atoms with E-state index in [2.05, 4.69) is 5.32 Å². The summed E-state index contributed by atoms with van der Waals surface area (Å²) in [5.41, 5.74) is -0.380. The molecule has 1 amide bonds. The van der Waals surface area contributed by atoms with Gasteiger partial charge in [0.2, 0.25) is 5.91 Å². The number of morpholine rings is 1. The number of amides is 1. The molecule has 0 saturated carbocycles. The van der Waals surface area contributed by atoms with Crippen molar-refractivity contribution < 1.29 is 19.1 Å². The third kappa shape index (κ3) is 3.92. The summed E-state index contributed by atoms with van der Waals surface area (Å²) >= 11 is 0. The fraction of sp³-hybridized carbons (Fsp3) is 0.929. The SMILES string of the molecule is O=C(CCN1CCCO1)N1CCOC2(CNCCOC2)C1. The summed E-state index contributed by atoms with van der Waals surface area (Å²) in [5.74, 6) is 0.178. The smallest absolute Gasteiger partial charge is 0.224 e. The van der Waals surface area contributed by atoms with Crippen molar-refractivity contribution in [3.8, 4) is 0 Å². The van der Waals surface area contributed by atoms with E-state index in [1.807, 2.05) is 9.96 Å². The van der Waals surface area contributed by atoms with E-state index in [1.54, 1.807) is 0 Å². The summed E-state index contributed by atoms with van der Waals surface area (Å²) in [5, 5.41) is 5.22. The van der Waals surface area contributed by atoms with Crippen LogP contribution >= 0.6 is 0 Å². The van der Waals surface area contributed by atoms with Crippen molar-refractivity contribution in [2.75, 3.05) is 65.7 Å². The second-order valence-electron chi connectivity index (χ2n) is 5.94. The molecule has 3 rings (SSSR count). The monoisotopic (exact) mass is 299 g/mol. The Kier molecular flexibility index (Phi) is 5.07. The molecule has 3 aliphatic heterocycles. The van der Waals surface area contributed by atoms with Gasteiger partial charge in [-0.15, -0.1) is 0 Å². The molecular formula is C14H25N3O4. The van der Waals surface area contributed by atoms with Gasteiger partial charge in [-0.05, 0) is 6.42 Å². The second-order valence-corrected chi connectivity index (χ2v) is 5.94. The molecule has 7 heteroatoms. The molecule has 0 aromatic rings. The van der Waals surface area contributed by atoms with Crippen molar-refractivity contribution in [1.29, 1.82) is 0 Å². The molecule has 1 unspecified atom stereocenters. The molecule has 7 nitrogen and oxygen atoms in total. The fourth-order valence-electron chi connectivity index (χ4n) is 3.08. The number of rotatable bonds is 3. The molecule has 3 aliphatic rings. The van der Waals surface area contributed by atoms with Gasteiger partial charge in [-0.3, -0.25) is 9.63 Å². The second kappa shape index (κ2) is 7.02. The molecule has 0 radical (unpaired) electrons. The third-order valence-electron chi connectivity index (χ3n) is 4.24. The van der Waals surface area contributed by atoms with E-state index in [1.165, 1.54) is 0 Å². The fourth-order valence-corrected chi connectivity index (χ4v) is 3.08. The van der Waals surface area contributed by atoms with Crippen molar-refractivity contribution in [3.05, 3.63) is 0 Å². The maximum absolute atomic E-state index is 12.4. The van der Waals surface area contributed by atoms with Crippen molar-refractivity contribution in [2.45, 2.75) is 18.4 Å². The highest BCUT2D eigenvalue weighted by Gasteiger charge is 2.39. The van der Waals surface area contributed by atoms with Gasteiger partial charge in [0.25, 0.3) is 0 Å². The summed E-state index contributed by atoms with van der Waals surface area (Å²) < 4.78 is 11.5. The molecule has 3 fully saturated rings. The van der Waals surface area contributed by atoms with Gasteiger partial charge in [-0.1, -0.05) is 0 Å². The normalized spacial score (nSPS) is 31.5. The van der Waals surface area contributed by atoms with Crippen LogP contribution in [0.15, 0.2) is 0 Å². The van der Waals surface area contributed by atoms with E-state index < -0.39 is 0 Å². The van der Waals surface area contributed by atoms with Gasteiger partial charge in [0, 0.05) is 39.1 Å². The lowest BCUT2D eigenvalue weighted by Gasteiger charge is -2.42. The van der Waals surface area contributed by atoms with E-state index in [0.29, 0.717) is 45.9 Å². The van der Waals surface area contributed by atoms with Gasteiger partial charge < -0.3 is 19.7 Å². The summed E-state index contributed by atoms with van der Waals surface area (Å²) in [7, 11) is 0. The van der Waals surface area contributed by atoms with Crippen LogP contribution in [0.25, 0.3) is 0 Å². The number of nitrogens with one attached hydrogen (secondary N) is 1. The summed E-state index contributed by atoms with van der Waals surface area (Å²) in [6, 6.07) is 0. The zero-order chi connectivity index (χ0) is 14.5. The zero-order valence-corrected chi connectivity index (χ0v) is 12.5. The zero-order valence-electron chi connectivity index (χ0n) is 12.5. The van der Waals surface area contributed by atoms with Crippen molar-refractivity contribution in [2.24, 2.45) is 0 Å². The third-order valence-corrected chi connectivity index (χ3v) is 4.24. The Bertz CT molecular complexity index is 352. The molecule has 0 bridgehead atoms. The molecule has 3 heterocycles. The highest BCUT2D eigenvalue weighted by atomic mass is 16.7. The first-order valence-corrected chi connectivity index (χ1v) is 7.86. The molecular weight excluding hydrogens is 274 g/mol. The minimum atomic E-state index is -0.380. The quantitative estimate of drug-likeness (QED) is 0.738. The number of hydroxylamine groups is 2. The van der Waals surface area contributed by atoms with Gasteiger partial charge in [0.1, 0.15) is 5.60 Å². The summed E-state index contributed by atoms with van der Waals surface area (Å²) in [6.07, 6.45) is 1.56. The highest BCUT2D eigenvalue weighted by Crippen LogP contribution is 2.20. The predicted molar refractivity (Wildman–Crippen MR) is 75.7 cm³/mol. The summed E-state index contributed by atoms with van der Waals surface area (Å²) in [4.78, 5) is 19.7. The van der Waals surface area contributed by atoms with Crippen LogP contribution in [0.3, 0.4) is 0 Å². The average molecular weight is 299 g/mol. The molecule has 1 N–H and O–H groups in total. The van der Waals surface area contributed by atoms with Gasteiger partial charge in [-0.2, -0.15) is 5.06 Å². The van der Waals surface area contributed by atoms with Crippen molar-refractivity contribution in [1.82, 2.24) is 15.3 Å². The molecule has 21 heavy (non-hydrogen) atoms. The number of carbonyl (C=O) groups is 1. The van der Waals surface area contributed by atoms with Gasteiger partial charge >= 0.3 is 0 Å². The first-order valence-electron chi connectivity index (χ1n) is 7.86. The Morgan fingerprint density at radius 2 is 2.19 bits per heavy atom. The lowest BCUT2D eigenvalue weighted by atomic mass is 10.0. The van der Waals surface area contributed by atoms with E-state index in [-0.39, 0.29) is 11.5 Å². The first-order chi connectivity index (χ1) is 10.3. The minimum Gasteiger partial charge on any atom is -0.377 e. The molecule has 0 aromatic heterocycles. The molecule has 120 valence electrons. The van der Waals surface area contributed by atoms with E-state index in [0.717, 1.165) is 32.7 Å². The Balaban J connectivity index is 1.50. The van der Waals surface area contributed by atoms with Gasteiger partial charge in [0.15, 0.2) is 0 Å². The Labute approximate surface area is 125 Å². The van der Waals surface area contributed by atoms with E-state index >= 15 is 0 Å². The summed E-state index contributed by atoms with van der Waals surface area (Å²) in [6.45, 7) is 7.08. The predicted octanol–water partition coefficient (Wildman–Crippen LogP) is -0.769. The number of ether oxygens (including phenoxy) is 2. The van der Waals surface area contributed by atoms with E-state index in [4.69, 9.17) is 14.3 Å². The van der Waals surface area contributed by atoms with Crippen molar-refractivity contribution >= 4 is 5.91 Å². The Hall–Kier alpha value is -0.730. The van der Waals surface area contributed by atoms with Crippen LogP contribution < -0.4 is 5.32 Å². The van der Waals surface area contributed by atoms with Gasteiger partial charge in [-0.25, -0.2) is 0 Å². The van der Waals surface area contributed by atoms with E-state index in [9.17, 15) is 4.79 Å². The van der Waals surface area contributed by atoms with Crippen molar-refractivity contribution in [3.63, 3.8) is 0 Å². The molecule has 3 saturated heterocycles. The van der Waals surface area contributed by atoms with Gasteiger partial charge in [0.05, 0.1) is 33.0 Å². The topological polar surface area (TPSA) is 63.3 Å². The lowest BCUT2D eigenvalue weighted by molar-refractivity contribution is -0.161. The van der Waals surface area contributed by atoms with Crippen LogP contribution in [0.5, 0.6) is 0 Å². The van der Waals surface area contributed by atoms with Crippen LogP contribution in [0.1, 0.15) is 12.8 Å². The van der Waals surface area contributed by atoms with Crippen LogP contribution in [-0.4, -0.2) is 87.2 Å². The molecule has 0 aliphatic carbocycles. The lowest BCUT2D eigenvalue weighted by Crippen LogP contribution is -2.59. The maximum atomic E-state index is 12.4. The molecule has 1 spiro atoms. The molecule has 0 aromatic carbocycles. The standard InChI is InChI=1S/C14H25N3O4/c18-13(2-5-17-4-1-7-21-17)16-6-9-20-14(11-16)10-15-3-8-19-12-14/h15H,1-12H2. The Morgan fingerprint density at radius 3 is 3.05 bits per heavy atom. The molecule has 1 atom stereocenters. The average Bonchev–Trinajstić information content (AvgIpc) is 2.93. The van der Waals surface area contributed by atoms with Crippen LogP contribution in [0.4, 0.5) is 0 Å². The maximum Gasteiger partial charge on any atom is 0.224 e. The number of hydrogen-bond donors (Lipinski definition) is 1. The van der Waals surface area contributed by atoms with Crippen LogP contribution in [0, 0.1) is 0 Å². The largest absolute Gasteiger partial charge is 0.377 e. The Morgan fingerprint density at radius 1 is 1.24 bits per heavy atom. The first kappa shape index (κ1) is 15.2.